The molecule has 0 unspecified atom stereocenters. The molecule has 0 fully saturated rings. The van der Waals surface area contributed by atoms with Crippen LogP contribution in [0.2, 0.25) is 0 Å². The van der Waals surface area contributed by atoms with Gasteiger partial charge in [-0.05, 0) is 24.1 Å². The fourth-order valence-corrected chi connectivity index (χ4v) is 1.24. The Kier molecular flexibility index (Phi) is 1.75. The highest BCUT2D eigenvalue weighted by atomic mass is 16.3. The topological polar surface area (TPSA) is 49.8 Å². The molecular weight excluding hydrogens is 164 g/mol. The van der Waals surface area contributed by atoms with E-state index in [1.807, 2.05) is 24.3 Å². The number of nitriles is 1. The molecule has 0 N–H and O–H groups in total. The summed E-state index contributed by atoms with van der Waals surface area (Å²) in [6.07, 6.45) is 0.963. The molecule has 1 heterocycles. The second-order valence-corrected chi connectivity index (χ2v) is 2.79. The number of oxazole rings is 1. The molecule has 13 heavy (non-hydrogen) atoms. The second-order valence-electron chi connectivity index (χ2n) is 2.79. The Morgan fingerprint density at radius 3 is 3.08 bits per heavy atom. The van der Waals surface area contributed by atoms with Crippen LogP contribution in [0.5, 0.6) is 0 Å². The standard InChI is InChI=1S/C10H8N2O/c1-2-7-3-4-9-8(5-7)12-10(6-11)13-9/h3-5H,2H2,1H3. The number of hydrogen-bond donors (Lipinski definition) is 0. The predicted molar refractivity (Wildman–Crippen MR) is 48.1 cm³/mol. The minimum absolute atomic E-state index is 0.128. The lowest BCUT2D eigenvalue weighted by Crippen LogP contribution is -1.78. The van der Waals surface area contributed by atoms with E-state index in [0.717, 1.165) is 11.9 Å². The summed E-state index contributed by atoms with van der Waals surface area (Å²) in [4.78, 5) is 4.01. The van der Waals surface area contributed by atoms with E-state index in [0.29, 0.717) is 5.58 Å². The fourth-order valence-electron chi connectivity index (χ4n) is 1.24. The molecule has 2 rings (SSSR count). The molecule has 0 amide bonds. The van der Waals surface area contributed by atoms with Crippen molar-refractivity contribution in [1.29, 1.82) is 5.26 Å². The summed E-state index contributed by atoms with van der Waals surface area (Å²) in [7, 11) is 0. The molecule has 0 aliphatic rings. The van der Waals surface area contributed by atoms with E-state index < -0.39 is 0 Å². The molecule has 1 aromatic carbocycles. The summed E-state index contributed by atoms with van der Waals surface area (Å²) >= 11 is 0. The third kappa shape index (κ3) is 1.27. The van der Waals surface area contributed by atoms with Crippen molar-refractivity contribution in [2.75, 3.05) is 0 Å². The van der Waals surface area contributed by atoms with Crippen LogP contribution in [0.25, 0.3) is 11.1 Å². The van der Waals surface area contributed by atoms with Gasteiger partial charge in [-0.15, -0.1) is 0 Å². The molecule has 3 nitrogen and oxygen atoms in total. The summed E-state index contributed by atoms with van der Waals surface area (Å²) in [5.74, 6) is 0.128. The average Bonchev–Trinajstić information content (AvgIpc) is 2.58. The Morgan fingerprint density at radius 2 is 2.38 bits per heavy atom. The predicted octanol–water partition coefficient (Wildman–Crippen LogP) is 2.26. The highest BCUT2D eigenvalue weighted by Gasteiger charge is 2.04. The van der Waals surface area contributed by atoms with E-state index in [2.05, 4.69) is 11.9 Å². The number of fused-ring (bicyclic) bond motifs is 1. The quantitative estimate of drug-likeness (QED) is 0.662. The molecule has 0 saturated carbocycles. The summed E-state index contributed by atoms with van der Waals surface area (Å²) in [5, 5.41) is 8.56. The van der Waals surface area contributed by atoms with Crippen LogP contribution in [-0.4, -0.2) is 4.98 Å². The maximum atomic E-state index is 8.56. The minimum Gasteiger partial charge on any atom is -0.428 e. The number of aromatic nitrogens is 1. The van der Waals surface area contributed by atoms with Gasteiger partial charge in [0.05, 0.1) is 0 Å². The lowest BCUT2D eigenvalue weighted by atomic mass is 10.1. The third-order valence-corrected chi connectivity index (χ3v) is 1.96. The highest BCUT2D eigenvalue weighted by Crippen LogP contribution is 2.16. The van der Waals surface area contributed by atoms with Crippen molar-refractivity contribution in [2.45, 2.75) is 13.3 Å². The molecule has 0 aliphatic carbocycles. The van der Waals surface area contributed by atoms with E-state index in [4.69, 9.17) is 9.68 Å². The smallest absolute Gasteiger partial charge is 0.301 e. The first-order chi connectivity index (χ1) is 6.33. The molecule has 0 saturated heterocycles. The van der Waals surface area contributed by atoms with Gasteiger partial charge in [-0.1, -0.05) is 13.0 Å². The largest absolute Gasteiger partial charge is 0.428 e. The zero-order valence-electron chi connectivity index (χ0n) is 7.24. The minimum atomic E-state index is 0.128. The molecule has 0 atom stereocenters. The van der Waals surface area contributed by atoms with E-state index in [-0.39, 0.29) is 5.89 Å². The summed E-state index contributed by atoms with van der Waals surface area (Å²) < 4.78 is 5.14. The molecule has 0 radical (unpaired) electrons. The van der Waals surface area contributed by atoms with Crippen LogP contribution in [0.3, 0.4) is 0 Å². The molecule has 0 aliphatic heterocycles. The van der Waals surface area contributed by atoms with E-state index in [1.54, 1.807) is 0 Å². The Labute approximate surface area is 75.6 Å². The Balaban J connectivity index is 2.65. The second kappa shape index (κ2) is 2.91. The molecule has 0 bridgehead atoms. The molecule has 2 aromatic rings. The van der Waals surface area contributed by atoms with Gasteiger partial charge in [0.15, 0.2) is 11.7 Å². The number of benzene rings is 1. The zero-order chi connectivity index (χ0) is 9.26. The van der Waals surface area contributed by atoms with E-state index in [9.17, 15) is 0 Å². The normalized spacial score (nSPS) is 10.2. The van der Waals surface area contributed by atoms with Gasteiger partial charge in [-0.25, -0.2) is 0 Å². The molecule has 0 spiro atoms. The molecule has 64 valence electrons. The van der Waals surface area contributed by atoms with Crippen molar-refractivity contribution >= 4 is 11.1 Å². The van der Waals surface area contributed by atoms with Crippen LogP contribution in [0, 0.1) is 11.3 Å². The Bertz CT molecular complexity index is 479. The number of hydrogen-bond acceptors (Lipinski definition) is 3. The fraction of sp³-hybridized carbons (Fsp3) is 0.200. The van der Waals surface area contributed by atoms with E-state index >= 15 is 0 Å². The zero-order valence-corrected chi connectivity index (χ0v) is 7.24. The van der Waals surface area contributed by atoms with Crippen molar-refractivity contribution < 1.29 is 4.42 Å². The molecule has 1 aromatic heterocycles. The van der Waals surface area contributed by atoms with E-state index in [1.165, 1.54) is 5.56 Å². The SMILES string of the molecule is CCc1ccc2oc(C#N)nc2c1. The van der Waals surface area contributed by atoms with Crippen LogP contribution >= 0.6 is 0 Å². The van der Waals surface area contributed by atoms with Crippen LogP contribution in [0.1, 0.15) is 18.4 Å². The van der Waals surface area contributed by atoms with Gasteiger partial charge in [0.1, 0.15) is 5.52 Å². The number of aryl methyl sites for hydroxylation is 1. The molecule has 3 heteroatoms. The van der Waals surface area contributed by atoms with Gasteiger partial charge >= 0.3 is 5.89 Å². The third-order valence-electron chi connectivity index (χ3n) is 1.96. The lowest BCUT2D eigenvalue weighted by Gasteiger charge is -1.92. The first-order valence-corrected chi connectivity index (χ1v) is 4.13. The lowest BCUT2D eigenvalue weighted by molar-refractivity contribution is 0.584. The summed E-state index contributed by atoms with van der Waals surface area (Å²) in [6, 6.07) is 7.65. The van der Waals surface area contributed by atoms with Crippen molar-refractivity contribution in [3.05, 3.63) is 29.7 Å². The number of nitrogens with zero attached hydrogens (tertiary/aromatic N) is 2. The first-order valence-electron chi connectivity index (χ1n) is 4.13. The monoisotopic (exact) mass is 172 g/mol. The van der Waals surface area contributed by atoms with Crippen molar-refractivity contribution in [3.8, 4) is 6.07 Å². The average molecular weight is 172 g/mol. The van der Waals surface area contributed by atoms with Crippen LogP contribution in [0.4, 0.5) is 0 Å². The van der Waals surface area contributed by atoms with Gasteiger partial charge in [-0.2, -0.15) is 10.2 Å². The van der Waals surface area contributed by atoms with Crippen molar-refractivity contribution in [1.82, 2.24) is 4.98 Å². The van der Waals surface area contributed by atoms with Crippen LogP contribution < -0.4 is 0 Å². The van der Waals surface area contributed by atoms with Crippen molar-refractivity contribution in [2.24, 2.45) is 0 Å². The molecular formula is C10H8N2O. The van der Waals surface area contributed by atoms with Gasteiger partial charge < -0.3 is 4.42 Å². The van der Waals surface area contributed by atoms with Gasteiger partial charge in [-0.3, -0.25) is 0 Å². The Hall–Kier alpha value is -1.82. The maximum absolute atomic E-state index is 8.56. The summed E-state index contributed by atoms with van der Waals surface area (Å²) in [5.41, 5.74) is 2.63. The van der Waals surface area contributed by atoms with Crippen molar-refractivity contribution in [3.63, 3.8) is 0 Å². The van der Waals surface area contributed by atoms with Crippen LogP contribution in [0.15, 0.2) is 22.6 Å². The first kappa shape index (κ1) is 7.81. The van der Waals surface area contributed by atoms with Gasteiger partial charge in [0.2, 0.25) is 0 Å². The Morgan fingerprint density at radius 1 is 1.54 bits per heavy atom. The highest BCUT2D eigenvalue weighted by molar-refractivity contribution is 5.73. The van der Waals surface area contributed by atoms with Crippen LogP contribution in [-0.2, 0) is 6.42 Å². The number of rotatable bonds is 1. The summed E-state index contributed by atoms with van der Waals surface area (Å²) in [6.45, 7) is 2.08. The maximum Gasteiger partial charge on any atom is 0.301 e. The van der Waals surface area contributed by atoms with Gasteiger partial charge in [0.25, 0.3) is 0 Å². The van der Waals surface area contributed by atoms with Gasteiger partial charge in [0, 0.05) is 0 Å².